The highest BCUT2D eigenvalue weighted by Gasteiger charge is 2.58. The smallest absolute Gasteiger partial charge is 0.226 e. The van der Waals surface area contributed by atoms with Crippen molar-refractivity contribution in [3.05, 3.63) is 34.3 Å². The van der Waals surface area contributed by atoms with E-state index >= 15 is 0 Å². The zero-order valence-electron chi connectivity index (χ0n) is 13.3. The Morgan fingerprint density at radius 3 is 2.74 bits per heavy atom. The van der Waals surface area contributed by atoms with Gasteiger partial charge in [0.25, 0.3) is 0 Å². The molecule has 1 N–H and O–H groups in total. The van der Waals surface area contributed by atoms with Gasteiger partial charge in [-0.15, -0.1) is 0 Å². The van der Waals surface area contributed by atoms with E-state index in [1.54, 1.807) is 0 Å². The fraction of sp³-hybridized carbons (Fsp3) is 0.611. The van der Waals surface area contributed by atoms with Crippen molar-refractivity contribution in [2.75, 3.05) is 32.8 Å². The molecule has 5 heteroatoms. The van der Waals surface area contributed by atoms with E-state index in [4.69, 9.17) is 4.74 Å². The Bertz CT molecular complexity index is 583. The molecule has 1 aliphatic carbocycles. The first kappa shape index (κ1) is 15.6. The van der Waals surface area contributed by atoms with Crippen molar-refractivity contribution in [3.8, 4) is 0 Å². The average Bonchev–Trinajstić information content (AvgIpc) is 3.28. The second-order valence-corrected chi connectivity index (χ2v) is 7.98. The molecule has 124 valence electrons. The van der Waals surface area contributed by atoms with Crippen molar-refractivity contribution in [2.24, 2.45) is 11.3 Å². The lowest BCUT2D eigenvalue weighted by Crippen LogP contribution is -2.44. The fourth-order valence-electron chi connectivity index (χ4n) is 4.12. The molecule has 2 atom stereocenters. The maximum atomic E-state index is 12.9. The number of morpholine rings is 1. The van der Waals surface area contributed by atoms with Crippen LogP contribution in [0.3, 0.4) is 0 Å². The van der Waals surface area contributed by atoms with E-state index in [9.17, 15) is 4.79 Å². The molecule has 0 aromatic heterocycles. The molecule has 23 heavy (non-hydrogen) atoms. The molecule has 1 aromatic rings. The lowest BCUT2D eigenvalue weighted by molar-refractivity contribution is -0.141. The predicted molar refractivity (Wildman–Crippen MR) is 92.1 cm³/mol. The number of carbonyl (C=O) groups is 1. The molecule has 2 saturated heterocycles. The van der Waals surface area contributed by atoms with Crippen LogP contribution in [0.1, 0.15) is 30.9 Å². The van der Waals surface area contributed by atoms with Gasteiger partial charge in [-0.3, -0.25) is 4.79 Å². The van der Waals surface area contributed by atoms with Crippen molar-refractivity contribution in [2.45, 2.75) is 25.4 Å². The molecular formula is C18H23BrN2O2. The van der Waals surface area contributed by atoms with E-state index in [1.807, 2.05) is 17.0 Å². The summed E-state index contributed by atoms with van der Waals surface area (Å²) in [7, 11) is 0. The van der Waals surface area contributed by atoms with E-state index in [1.165, 1.54) is 0 Å². The first-order valence-corrected chi connectivity index (χ1v) is 9.34. The number of hydrogen-bond donors (Lipinski definition) is 1. The van der Waals surface area contributed by atoms with Gasteiger partial charge in [0.15, 0.2) is 0 Å². The number of hydrogen-bond acceptors (Lipinski definition) is 3. The molecule has 1 saturated carbocycles. The quantitative estimate of drug-likeness (QED) is 0.859. The Morgan fingerprint density at radius 2 is 2.00 bits per heavy atom. The SMILES string of the molecule is O=C(C1CC12CCNCC2)N1CCOC(c2ccc(Br)cc2)C1. The summed E-state index contributed by atoms with van der Waals surface area (Å²) in [5.41, 5.74) is 1.46. The maximum Gasteiger partial charge on any atom is 0.226 e. The van der Waals surface area contributed by atoms with Crippen LogP contribution in [0.25, 0.3) is 0 Å². The van der Waals surface area contributed by atoms with Gasteiger partial charge in [0.05, 0.1) is 13.2 Å². The molecule has 0 bridgehead atoms. The number of rotatable bonds is 2. The van der Waals surface area contributed by atoms with Crippen LogP contribution in [-0.2, 0) is 9.53 Å². The van der Waals surface area contributed by atoms with Gasteiger partial charge in [-0.1, -0.05) is 28.1 Å². The highest BCUT2D eigenvalue weighted by molar-refractivity contribution is 9.10. The minimum atomic E-state index is 0.00326. The normalized spacial score (nSPS) is 29.5. The van der Waals surface area contributed by atoms with Crippen molar-refractivity contribution in [3.63, 3.8) is 0 Å². The van der Waals surface area contributed by atoms with Gasteiger partial charge in [-0.25, -0.2) is 0 Å². The Balaban J connectivity index is 1.41. The standard InChI is InChI=1S/C18H23BrN2O2/c19-14-3-1-13(2-4-14)16-12-21(9-10-23-16)17(22)15-11-18(15)5-7-20-8-6-18/h1-4,15-16,20H,5-12H2. The first-order chi connectivity index (χ1) is 11.2. The van der Waals surface area contributed by atoms with Crippen LogP contribution in [0.5, 0.6) is 0 Å². The molecule has 1 spiro atoms. The summed E-state index contributed by atoms with van der Waals surface area (Å²) < 4.78 is 6.97. The number of halogens is 1. The summed E-state index contributed by atoms with van der Waals surface area (Å²) in [5, 5.41) is 3.40. The molecule has 4 nitrogen and oxygen atoms in total. The number of nitrogens with zero attached hydrogens (tertiary/aromatic N) is 1. The van der Waals surface area contributed by atoms with Crippen molar-refractivity contribution in [1.29, 1.82) is 0 Å². The molecule has 2 unspecified atom stereocenters. The number of piperidine rings is 1. The zero-order valence-corrected chi connectivity index (χ0v) is 14.8. The lowest BCUT2D eigenvalue weighted by Gasteiger charge is -2.34. The summed E-state index contributed by atoms with van der Waals surface area (Å²) in [5.74, 6) is 0.616. The van der Waals surface area contributed by atoms with Gasteiger partial charge in [0.2, 0.25) is 5.91 Å². The van der Waals surface area contributed by atoms with Crippen LogP contribution < -0.4 is 5.32 Å². The number of nitrogens with one attached hydrogen (secondary N) is 1. The van der Waals surface area contributed by atoms with Crippen LogP contribution >= 0.6 is 15.9 Å². The second-order valence-electron chi connectivity index (χ2n) is 7.06. The minimum Gasteiger partial charge on any atom is -0.370 e. The third kappa shape index (κ3) is 3.06. The van der Waals surface area contributed by atoms with Gasteiger partial charge in [-0.05, 0) is 55.5 Å². The minimum absolute atomic E-state index is 0.00326. The summed E-state index contributed by atoms with van der Waals surface area (Å²) in [4.78, 5) is 14.9. The highest BCUT2D eigenvalue weighted by atomic mass is 79.9. The van der Waals surface area contributed by atoms with Crippen molar-refractivity contribution in [1.82, 2.24) is 10.2 Å². The summed E-state index contributed by atoms with van der Waals surface area (Å²) in [6.07, 6.45) is 3.41. The van der Waals surface area contributed by atoms with Crippen LogP contribution in [0.4, 0.5) is 0 Å². The molecule has 3 aliphatic rings. The number of amides is 1. The molecule has 2 aliphatic heterocycles. The first-order valence-electron chi connectivity index (χ1n) is 8.55. The third-order valence-electron chi connectivity index (χ3n) is 5.71. The van der Waals surface area contributed by atoms with Gasteiger partial charge in [0.1, 0.15) is 6.10 Å². The van der Waals surface area contributed by atoms with E-state index in [-0.39, 0.29) is 12.0 Å². The Hall–Kier alpha value is -0.910. The van der Waals surface area contributed by atoms with Crippen LogP contribution in [0.15, 0.2) is 28.7 Å². The van der Waals surface area contributed by atoms with Crippen LogP contribution in [-0.4, -0.2) is 43.6 Å². The van der Waals surface area contributed by atoms with E-state index < -0.39 is 0 Å². The monoisotopic (exact) mass is 378 g/mol. The van der Waals surface area contributed by atoms with E-state index in [2.05, 4.69) is 33.4 Å². The predicted octanol–water partition coefficient (Wildman–Crippen LogP) is 2.74. The summed E-state index contributed by atoms with van der Waals surface area (Å²) >= 11 is 3.46. The van der Waals surface area contributed by atoms with E-state index in [0.29, 0.717) is 24.5 Å². The zero-order chi connectivity index (χ0) is 15.9. The van der Waals surface area contributed by atoms with Crippen LogP contribution in [0.2, 0.25) is 0 Å². The molecule has 1 amide bonds. The largest absolute Gasteiger partial charge is 0.370 e. The Morgan fingerprint density at radius 1 is 1.26 bits per heavy atom. The molecule has 1 aromatic carbocycles. The summed E-state index contributed by atoms with van der Waals surface area (Å²) in [6.45, 7) is 4.18. The lowest BCUT2D eigenvalue weighted by atomic mass is 9.91. The van der Waals surface area contributed by atoms with Gasteiger partial charge >= 0.3 is 0 Å². The maximum absolute atomic E-state index is 12.9. The molecular weight excluding hydrogens is 356 g/mol. The van der Waals surface area contributed by atoms with Crippen LogP contribution in [0, 0.1) is 11.3 Å². The summed E-state index contributed by atoms with van der Waals surface area (Å²) in [6, 6.07) is 8.22. The Labute approximate surface area is 145 Å². The number of carbonyl (C=O) groups excluding carboxylic acids is 1. The molecule has 2 heterocycles. The van der Waals surface area contributed by atoms with Gasteiger partial charge in [-0.2, -0.15) is 0 Å². The fourth-order valence-corrected chi connectivity index (χ4v) is 4.39. The average molecular weight is 379 g/mol. The molecule has 0 radical (unpaired) electrons. The number of ether oxygens (including phenoxy) is 1. The topological polar surface area (TPSA) is 41.6 Å². The van der Waals surface area contributed by atoms with Crippen molar-refractivity contribution >= 4 is 21.8 Å². The second kappa shape index (κ2) is 6.19. The highest BCUT2D eigenvalue weighted by Crippen LogP contribution is 2.59. The Kier molecular flexibility index (Phi) is 4.20. The third-order valence-corrected chi connectivity index (χ3v) is 6.24. The van der Waals surface area contributed by atoms with Crippen molar-refractivity contribution < 1.29 is 9.53 Å². The van der Waals surface area contributed by atoms with Gasteiger partial charge in [0, 0.05) is 16.9 Å². The molecule has 3 fully saturated rings. The van der Waals surface area contributed by atoms with Gasteiger partial charge < -0.3 is 15.0 Å². The van der Waals surface area contributed by atoms with E-state index in [0.717, 1.165) is 48.9 Å². The number of benzene rings is 1. The molecule has 4 rings (SSSR count).